The molecule has 1 rings (SSSR count). The average molecular weight is 200 g/mol. The molecule has 78 valence electrons. The molecule has 0 amide bonds. The molecule has 0 aromatic rings. The van der Waals surface area contributed by atoms with E-state index in [1.807, 2.05) is 0 Å². The van der Waals surface area contributed by atoms with E-state index in [0.717, 1.165) is 0 Å². The molecule has 0 atom stereocenters. The van der Waals surface area contributed by atoms with E-state index in [9.17, 15) is 0 Å². The monoisotopic (exact) mass is 200 g/mol. The van der Waals surface area contributed by atoms with Gasteiger partial charge in [0, 0.05) is 5.54 Å². The Hall–Kier alpha value is 0.137. The molecule has 1 fully saturated rings. The van der Waals surface area contributed by atoms with E-state index in [-0.39, 0.29) is 5.54 Å². The Morgan fingerprint density at radius 1 is 1.08 bits per heavy atom. The fraction of sp³-hybridized carbons (Fsp3) is 1.00. The standard InChI is InChI=1S/C10H24N2Si/c1-10(2,3)11-13(4,5)12-8-6-7-9-12/h11H,6-9H2,1-5H3. The molecule has 1 aliphatic rings. The molecular weight excluding hydrogens is 176 g/mol. The van der Waals surface area contributed by atoms with Gasteiger partial charge in [-0.05, 0) is 59.8 Å². The summed E-state index contributed by atoms with van der Waals surface area (Å²) < 4.78 is 2.68. The lowest BCUT2D eigenvalue weighted by Crippen LogP contribution is -2.64. The number of hydrogen-bond acceptors (Lipinski definition) is 2. The number of rotatable bonds is 2. The van der Waals surface area contributed by atoms with Gasteiger partial charge in [0.25, 0.3) is 0 Å². The van der Waals surface area contributed by atoms with Gasteiger partial charge in [-0.15, -0.1) is 0 Å². The fourth-order valence-corrected chi connectivity index (χ4v) is 5.70. The highest BCUT2D eigenvalue weighted by atomic mass is 28.3. The van der Waals surface area contributed by atoms with Crippen molar-refractivity contribution in [2.45, 2.75) is 52.2 Å². The predicted molar refractivity (Wildman–Crippen MR) is 61.2 cm³/mol. The van der Waals surface area contributed by atoms with Crippen molar-refractivity contribution in [3.63, 3.8) is 0 Å². The van der Waals surface area contributed by atoms with E-state index in [1.54, 1.807) is 0 Å². The Bertz CT molecular complexity index is 166. The average Bonchev–Trinajstić information content (AvgIpc) is 2.29. The largest absolute Gasteiger partial charge is 0.321 e. The molecule has 0 saturated carbocycles. The maximum absolute atomic E-state index is 3.80. The van der Waals surface area contributed by atoms with Crippen molar-refractivity contribution in [2.24, 2.45) is 0 Å². The van der Waals surface area contributed by atoms with E-state index < -0.39 is 8.40 Å². The Labute approximate surface area is 83.9 Å². The summed E-state index contributed by atoms with van der Waals surface area (Å²) in [4.78, 5) is 3.80. The van der Waals surface area contributed by atoms with E-state index >= 15 is 0 Å². The number of nitrogens with zero attached hydrogens (tertiary/aromatic N) is 1. The minimum atomic E-state index is -1.32. The SMILES string of the molecule is CC(C)(C)N[Si](C)(C)N1CCCC1. The summed E-state index contributed by atoms with van der Waals surface area (Å²) in [6.07, 6.45) is 2.78. The molecule has 0 radical (unpaired) electrons. The molecule has 0 spiro atoms. The van der Waals surface area contributed by atoms with Crippen LogP contribution in [0.2, 0.25) is 13.1 Å². The van der Waals surface area contributed by atoms with Crippen molar-refractivity contribution < 1.29 is 0 Å². The molecule has 13 heavy (non-hydrogen) atoms. The predicted octanol–water partition coefficient (Wildman–Crippen LogP) is 2.17. The van der Waals surface area contributed by atoms with Crippen molar-refractivity contribution in [3.05, 3.63) is 0 Å². The van der Waals surface area contributed by atoms with Crippen LogP contribution in [-0.4, -0.2) is 31.6 Å². The van der Waals surface area contributed by atoms with Gasteiger partial charge in [-0.25, -0.2) is 0 Å². The first-order chi connectivity index (χ1) is 5.81. The lowest BCUT2D eigenvalue weighted by Gasteiger charge is -2.39. The fourth-order valence-electron chi connectivity index (χ4n) is 2.27. The number of hydrogen-bond donors (Lipinski definition) is 1. The van der Waals surface area contributed by atoms with Crippen LogP contribution in [0.15, 0.2) is 0 Å². The second-order valence-corrected chi connectivity index (χ2v) is 9.63. The van der Waals surface area contributed by atoms with Crippen LogP contribution in [0.5, 0.6) is 0 Å². The van der Waals surface area contributed by atoms with Crippen molar-refractivity contribution in [1.29, 1.82) is 0 Å². The molecule has 0 unspecified atom stereocenters. The van der Waals surface area contributed by atoms with Crippen LogP contribution in [0, 0.1) is 0 Å². The first-order valence-corrected chi connectivity index (χ1v) is 8.30. The van der Waals surface area contributed by atoms with Crippen LogP contribution in [0.3, 0.4) is 0 Å². The molecule has 0 aromatic carbocycles. The number of nitrogens with one attached hydrogen (secondary N) is 1. The van der Waals surface area contributed by atoms with Gasteiger partial charge in [0.05, 0.1) is 0 Å². The second kappa shape index (κ2) is 3.71. The molecule has 0 bridgehead atoms. The molecule has 2 nitrogen and oxygen atoms in total. The zero-order chi connectivity index (χ0) is 10.1. The maximum atomic E-state index is 3.80. The van der Waals surface area contributed by atoms with Gasteiger partial charge in [0.15, 0.2) is 8.40 Å². The van der Waals surface area contributed by atoms with Crippen molar-refractivity contribution in [2.75, 3.05) is 13.1 Å². The van der Waals surface area contributed by atoms with Crippen molar-refractivity contribution in [3.8, 4) is 0 Å². The summed E-state index contributed by atoms with van der Waals surface area (Å²) in [6, 6.07) is 0. The molecule has 1 saturated heterocycles. The van der Waals surface area contributed by atoms with Gasteiger partial charge in [-0.3, -0.25) is 0 Å². The summed E-state index contributed by atoms with van der Waals surface area (Å²) in [5, 5.41) is 0. The summed E-state index contributed by atoms with van der Waals surface area (Å²) in [7, 11) is -1.32. The molecule has 1 aliphatic heterocycles. The summed E-state index contributed by atoms with van der Waals surface area (Å²) in [6.45, 7) is 14.2. The Balaban J connectivity index is 2.53. The first-order valence-electron chi connectivity index (χ1n) is 5.36. The highest BCUT2D eigenvalue weighted by Crippen LogP contribution is 2.18. The lowest BCUT2D eigenvalue weighted by atomic mass is 10.1. The summed E-state index contributed by atoms with van der Waals surface area (Å²) in [5.74, 6) is 0. The van der Waals surface area contributed by atoms with Crippen molar-refractivity contribution >= 4 is 8.40 Å². The third-order valence-corrected chi connectivity index (χ3v) is 5.97. The molecule has 0 aromatic heterocycles. The van der Waals surface area contributed by atoms with E-state index in [0.29, 0.717) is 0 Å². The van der Waals surface area contributed by atoms with Crippen LogP contribution in [0.25, 0.3) is 0 Å². The summed E-state index contributed by atoms with van der Waals surface area (Å²) >= 11 is 0. The van der Waals surface area contributed by atoms with Gasteiger partial charge < -0.3 is 9.55 Å². The van der Waals surface area contributed by atoms with Gasteiger partial charge in [-0.1, -0.05) is 0 Å². The Morgan fingerprint density at radius 2 is 1.54 bits per heavy atom. The van der Waals surface area contributed by atoms with Gasteiger partial charge in [0.1, 0.15) is 0 Å². The zero-order valence-corrected chi connectivity index (χ0v) is 10.8. The van der Waals surface area contributed by atoms with E-state index in [4.69, 9.17) is 0 Å². The topological polar surface area (TPSA) is 15.3 Å². The van der Waals surface area contributed by atoms with Crippen LogP contribution >= 0.6 is 0 Å². The minimum absolute atomic E-state index is 0.262. The maximum Gasteiger partial charge on any atom is 0.198 e. The quantitative estimate of drug-likeness (QED) is 0.687. The molecule has 3 heteroatoms. The Kier molecular flexibility index (Phi) is 3.20. The smallest absolute Gasteiger partial charge is 0.198 e. The highest BCUT2D eigenvalue weighted by Gasteiger charge is 2.34. The molecule has 1 heterocycles. The minimum Gasteiger partial charge on any atom is -0.321 e. The zero-order valence-electron chi connectivity index (χ0n) is 9.78. The molecule has 1 N–H and O–H groups in total. The normalized spacial score (nSPS) is 21.0. The van der Waals surface area contributed by atoms with Gasteiger partial charge in [-0.2, -0.15) is 0 Å². The first kappa shape index (κ1) is 11.2. The highest BCUT2D eigenvalue weighted by molar-refractivity contribution is 6.72. The molecular formula is C10H24N2Si. The lowest BCUT2D eigenvalue weighted by molar-refractivity contribution is 0.442. The Morgan fingerprint density at radius 3 is 1.92 bits per heavy atom. The third-order valence-electron chi connectivity index (χ3n) is 2.58. The van der Waals surface area contributed by atoms with Crippen LogP contribution in [0.1, 0.15) is 33.6 Å². The van der Waals surface area contributed by atoms with Crippen molar-refractivity contribution in [1.82, 2.24) is 9.55 Å². The third kappa shape index (κ3) is 3.41. The summed E-state index contributed by atoms with van der Waals surface area (Å²) in [5.41, 5.74) is 0.262. The molecule has 0 aliphatic carbocycles. The van der Waals surface area contributed by atoms with Gasteiger partial charge >= 0.3 is 0 Å². The van der Waals surface area contributed by atoms with E-state index in [2.05, 4.69) is 43.4 Å². The second-order valence-electron chi connectivity index (χ2n) is 5.63. The van der Waals surface area contributed by atoms with Crippen LogP contribution < -0.4 is 4.98 Å². The van der Waals surface area contributed by atoms with Crippen LogP contribution in [0.4, 0.5) is 0 Å². The van der Waals surface area contributed by atoms with E-state index in [1.165, 1.54) is 25.9 Å². The van der Waals surface area contributed by atoms with Crippen LogP contribution in [-0.2, 0) is 0 Å². The van der Waals surface area contributed by atoms with Gasteiger partial charge in [0.2, 0.25) is 0 Å².